The Bertz CT molecular complexity index is 439. The number of rotatable bonds is 4. The molecule has 0 aromatic carbocycles. The van der Waals surface area contributed by atoms with Crippen LogP contribution in [0.15, 0.2) is 4.99 Å². The first-order valence-corrected chi connectivity index (χ1v) is 10.6. The van der Waals surface area contributed by atoms with Crippen LogP contribution in [-0.2, 0) is 0 Å². The highest BCUT2D eigenvalue weighted by atomic mass is 127. The molecule has 3 unspecified atom stereocenters. The van der Waals surface area contributed by atoms with Gasteiger partial charge >= 0.3 is 0 Å². The van der Waals surface area contributed by atoms with Crippen LogP contribution < -0.4 is 10.6 Å². The highest BCUT2D eigenvalue weighted by molar-refractivity contribution is 14.0. The predicted octanol–water partition coefficient (Wildman–Crippen LogP) is 2.22. The smallest absolute Gasteiger partial charge is 0.191 e. The van der Waals surface area contributed by atoms with Gasteiger partial charge in [-0.3, -0.25) is 4.99 Å². The summed E-state index contributed by atoms with van der Waals surface area (Å²) in [6.45, 7) is 0.978. The Kier molecular flexibility index (Phi) is 8.16. The third-order valence-electron chi connectivity index (χ3n) is 6.52. The van der Waals surface area contributed by atoms with Crippen molar-refractivity contribution in [2.75, 3.05) is 46.2 Å². The molecular formula is C18H36IN5S. The lowest BCUT2D eigenvalue weighted by Crippen LogP contribution is -2.59. The molecule has 0 aromatic heterocycles. The molecule has 3 rings (SSSR count). The Balaban J connectivity index is 0.00000225. The Morgan fingerprint density at radius 3 is 2.48 bits per heavy atom. The average Bonchev–Trinajstić information content (AvgIpc) is 3.02. The van der Waals surface area contributed by atoms with E-state index >= 15 is 0 Å². The number of hydrogen-bond donors (Lipinski definition) is 2. The summed E-state index contributed by atoms with van der Waals surface area (Å²) in [6, 6.07) is 2.08. The lowest BCUT2D eigenvalue weighted by atomic mass is 9.82. The van der Waals surface area contributed by atoms with Crippen LogP contribution in [0.1, 0.15) is 38.5 Å². The van der Waals surface area contributed by atoms with Gasteiger partial charge < -0.3 is 20.4 Å². The van der Waals surface area contributed by atoms with E-state index in [1.165, 1.54) is 50.0 Å². The van der Waals surface area contributed by atoms with E-state index < -0.39 is 0 Å². The van der Waals surface area contributed by atoms with Gasteiger partial charge in [0.15, 0.2) is 5.96 Å². The number of aliphatic imine (C=N–C) groups is 1. The molecule has 0 spiro atoms. The van der Waals surface area contributed by atoms with Crippen molar-refractivity contribution in [3.8, 4) is 0 Å². The first-order valence-electron chi connectivity index (χ1n) is 9.48. The maximum Gasteiger partial charge on any atom is 0.191 e. The molecule has 3 fully saturated rings. The third-order valence-corrected chi connectivity index (χ3v) is 7.75. The van der Waals surface area contributed by atoms with Crippen LogP contribution >= 0.6 is 35.7 Å². The number of halogens is 1. The van der Waals surface area contributed by atoms with Crippen molar-refractivity contribution in [2.24, 2.45) is 4.99 Å². The van der Waals surface area contributed by atoms with Crippen LogP contribution in [0.3, 0.4) is 0 Å². The standard InChI is InChI=1S/C18H35N5S.HI/c1-19-17(20-12-18(22(2)3)8-9-24-13-18)21-14-10-15-6-5-7-16(11-14)23(15)4;/h14-16H,5-13H2,1-4H3,(H2,19,20,21);1H. The first-order chi connectivity index (χ1) is 11.5. The zero-order valence-electron chi connectivity index (χ0n) is 16.3. The van der Waals surface area contributed by atoms with Crippen LogP contribution in [0, 0.1) is 0 Å². The molecule has 0 amide bonds. The molecule has 0 aromatic rings. The second kappa shape index (κ2) is 9.46. The summed E-state index contributed by atoms with van der Waals surface area (Å²) in [7, 11) is 8.64. The zero-order valence-corrected chi connectivity index (χ0v) is 19.4. The number of hydrogen-bond acceptors (Lipinski definition) is 4. The van der Waals surface area contributed by atoms with Gasteiger partial charge in [0.05, 0.1) is 0 Å². The average molecular weight is 481 g/mol. The first kappa shape index (κ1) is 21.6. The topological polar surface area (TPSA) is 42.9 Å². The van der Waals surface area contributed by atoms with E-state index in [2.05, 4.69) is 58.3 Å². The number of guanidine groups is 1. The van der Waals surface area contributed by atoms with Gasteiger partial charge in [-0.1, -0.05) is 6.42 Å². The Morgan fingerprint density at radius 2 is 1.96 bits per heavy atom. The van der Waals surface area contributed by atoms with E-state index in [4.69, 9.17) is 0 Å². The van der Waals surface area contributed by atoms with Crippen molar-refractivity contribution in [2.45, 2.75) is 62.2 Å². The molecule has 5 nitrogen and oxygen atoms in total. The molecule has 7 heteroatoms. The van der Waals surface area contributed by atoms with Crippen molar-refractivity contribution in [1.82, 2.24) is 20.4 Å². The van der Waals surface area contributed by atoms with Crippen molar-refractivity contribution < 1.29 is 0 Å². The maximum atomic E-state index is 4.50. The summed E-state index contributed by atoms with van der Waals surface area (Å²) < 4.78 is 0. The van der Waals surface area contributed by atoms with Crippen molar-refractivity contribution in [3.63, 3.8) is 0 Å². The summed E-state index contributed by atoms with van der Waals surface area (Å²) >= 11 is 2.07. The van der Waals surface area contributed by atoms with Gasteiger partial charge in [0.25, 0.3) is 0 Å². The molecule has 25 heavy (non-hydrogen) atoms. The van der Waals surface area contributed by atoms with E-state index in [9.17, 15) is 0 Å². The number of likely N-dealkylation sites (N-methyl/N-ethyl adjacent to an activating group) is 1. The minimum absolute atomic E-state index is 0. The normalized spacial score (nSPS) is 36.2. The molecule has 3 aliphatic rings. The van der Waals surface area contributed by atoms with Gasteiger partial charge in [-0.15, -0.1) is 24.0 Å². The monoisotopic (exact) mass is 481 g/mol. The van der Waals surface area contributed by atoms with Crippen molar-refractivity contribution >= 4 is 41.7 Å². The maximum absolute atomic E-state index is 4.50. The number of nitrogens with one attached hydrogen (secondary N) is 2. The molecule has 3 aliphatic heterocycles. The molecule has 2 bridgehead atoms. The molecule has 0 aliphatic carbocycles. The fraction of sp³-hybridized carbons (Fsp3) is 0.944. The minimum Gasteiger partial charge on any atom is -0.355 e. The Morgan fingerprint density at radius 1 is 1.28 bits per heavy atom. The highest BCUT2D eigenvalue weighted by Gasteiger charge is 2.38. The lowest BCUT2D eigenvalue weighted by molar-refractivity contribution is 0.0526. The van der Waals surface area contributed by atoms with Crippen LogP contribution in [0.4, 0.5) is 0 Å². The number of nitrogens with zero attached hydrogens (tertiary/aromatic N) is 3. The van der Waals surface area contributed by atoms with Gasteiger partial charge in [-0.25, -0.2) is 0 Å². The highest BCUT2D eigenvalue weighted by Crippen LogP contribution is 2.33. The quantitative estimate of drug-likeness (QED) is 0.366. The number of piperidine rings is 2. The molecular weight excluding hydrogens is 445 g/mol. The van der Waals surface area contributed by atoms with E-state index in [1.54, 1.807) is 0 Å². The summed E-state index contributed by atoms with van der Waals surface area (Å²) in [5, 5.41) is 7.35. The van der Waals surface area contributed by atoms with Gasteiger partial charge in [-0.05, 0) is 59.0 Å². The molecule has 146 valence electrons. The van der Waals surface area contributed by atoms with E-state index in [-0.39, 0.29) is 29.5 Å². The Hall–Kier alpha value is 0.270. The van der Waals surface area contributed by atoms with Crippen LogP contribution in [-0.4, -0.2) is 85.7 Å². The van der Waals surface area contributed by atoms with Gasteiger partial charge in [-0.2, -0.15) is 11.8 Å². The molecule has 3 saturated heterocycles. The third kappa shape index (κ3) is 4.96. The summed E-state index contributed by atoms with van der Waals surface area (Å²) in [5.41, 5.74) is 0.269. The van der Waals surface area contributed by atoms with Crippen molar-refractivity contribution in [3.05, 3.63) is 0 Å². The molecule has 2 N–H and O–H groups in total. The van der Waals surface area contributed by atoms with Gasteiger partial charge in [0.2, 0.25) is 0 Å². The fourth-order valence-corrected chi connectivity index (χ4v) is 6.17. The molecule has 0 radical (unpaired) electrons. The second-order valence-electron chi connectivity index (χ2n) is 8.06. The number of thioether (sulfide) groups is 1. The lowest BCUT2D eigenvalue weighted by Gasteiger charge is -2.47. The van der Waals surface area contributed by atoms with Crippen LogP contribution in [0.2, 0.25) is 0 Å². The van der Waals surface area contributed by atoms with Crippen molar-refractivity contribution in [1.29, 1.82) is 0 Å². The van der Waals surface area contributed by atoms with Crippen LogP contribution in [0.25, 0.3) is 0 Å². The van der Waals surface area contributed by atoms with E-state index in [1.807, 2.05) is 7.05 Å². The summed E-state index contributed by atoms with van der Waals surface area (Å²) in [6.07, 6.45) is 7.89. The molecule has 3 heterocycles. The Labute approximate surface area is 175 Å². The zero-order chi connectivity index (χ0) is 17.2. The summed E-state index contributed by atoms with van der Waals surface area (Å²) in [5.74, 6) is 3.47. The van der Waals surface area contributed by atoms with E-state index in [0.29, 0.717) is 6.04 Å². The largest absolute Gasteiger partial charge is 0.355 e. The molecule has 3 atom stereocenters. The SMILES string of the molecule is CN=C(NCC1(N(C)C)CCSC1)NC1CC2CCCC(C1)N2C.I. The fourth-order valence-electron chi connectivity index (χ4n) is 4.62. The second-order valence-corrected chi connectivity index (χ2v) is 9.17. The van der Waals surface area contributed by atoms with E-state index in [0.717, 1.165) is 24.6 Å². The van der Waals surface area contributed by atoms with Crippen LogP contribution in [0.5, 0.6) is 0 Å². The predicted molar refractivity (Wildman–Crippen MR) is 120 cm³/mol. The number of fused-ring (bicyclic) bond motifs is 2. The summed E-state index contributed by atoms with van der Waals surface area (Å²) in [4.78, 5) is 9.52. The van der Waals surface area contributed by atoms with Gasteiger partial charge in [0, 0.05) is 43.0 Å². The minimum atomic E-state index is 0. The molecule has 0 saturated carbocycles. The van der Waals surface area contributed by atoms with Gasteiger partial charge in [0.1, 0.15) is 0 Å².